The summed E-state index contributed by atoms with van der Waals surface area (Å²) in [5.41, 5.74) is -0.116. The highest BCUT2D eigenvalue weighted by Crippen LogP contribution is 2.27. The molecule has 1 rings (SSSR count). The Morgan fingerprint density at radius 1 is 1.42 bits per heavy atom. The van der Waals surface area contributed by atoms with Crippen molar-refractivity contribution in [3.05, 3.63) is 18.3 Å². The molecule has 2 N–H and O–H groups in total. The van der Waals surface area contributed by atoms with Gasteiger partial charge < -0.3 is 10.4 Å². The molecule has 0 amide bonds. The first-order chi connectivity index (χ1) is 8.66. The van der Waals surface area contributed by atoms with Crippen LogP contribution in [-0.2, 0) is 9.84 Å². The first-order valence-electron chi connectivity index (χ1n) is 6.18. The summed E-state index contributed by atoms with van der Waals surface area (Å²) in [6.07, 6.45) is 3.24. The van der Waals surface area contributed by atoms with Crippen molar-refractivity contribution in [3.63, 3.8) is 0 Å². The highest BCUT2D eigenvalue weighted by molar-refractivity contribution is 7.90. The van der Waals surface area contributed by atoms with Gasteiger partial charge in [0.2, 0.25) is 0 Å². The molecule has 0 aliphatic heterocycles. The number of anilines is 1. The average Bonchev–Trinajstić information content (AvgIpc) is 2.26. The molecule has 0 radical (unpaired) electrons. The van der Waals surface area contributed by atoms with E-state index < -0.39 is 9.84 Å². The quantitative estimate of drug-likeness (QED) is 0.861. The van der Waals surface area contributed by atoms with Gasteiger partial charge in [0.25, 0.3) is 0 Å². The monoisotopic (exact) mass is 286 g/mol. The molecule has 0 aliphatic rings. The molecule has 0 spiro atoms. The molecule has 1 aromatic rings. The number of aliphatic hydroxyl groups excluding tert-OH is 1. The molecule has 0 bridgehead atoms. The van der Waals surface area contributed by atoms with E-state index in [1.54, 1.807) is 12.3 Å². The molecule has 5 nitrogen and oxygen atoms in total. The number of hydrogen-bond donors (Lipinski definition) is 2. The minimum Gasteiger partial charge on any atom is -0.396 e. The van der Waals surface area contributed by atoms with Crippen LogP contribution in [-0.4, -0.2) is 37.4 Å². The number of nitrogens with one attached hydrogen (secondary N) is 1. The molecule has 0 saturated carbocycles. The highest BCUT2D eigenvalue weighted by atomic mass is 32.2. The zero-order valence-electron chi connectivity index (χ0n) is 11.8. The second kappa shape index (κ2) is 5.88. The van der Waals surface area contributed by atoms with Crippen molar-refractivity contribution in [2.45, 2.75) is 38.1 Å². The summed E-state index contributed by atoms with van der Waals surface area (Å²) >= 11 is 0. The fourth-order valence-corrected chi connectivity index (χ4v) is 2.60. The summed E-state index contributed by atoms with van der Waals surface area (Å²) in [5.74, 6) is 0.346. The van der Waals surface area contributed by atoms with E-state index >= 15 is 0 Å². The van der Waals surface area contributed by atoms with E-state index in [2.05, 4.69) is 10.3 Å². The molecule has 0 saturated heterocycles. The van der Waals surface area contributed by atoms with Crippen molar-refractivity contribution in [1.29, 1.82) is 0 Å². The minimum absolute atomic E-state index is 0.0377. The van der Waals surface area contributed by atoms with Crippen molar-refractivity contribution < 1.29 is 13.5 Å². The Morgan fingerprint density at radius 2 is 2.05 bits per heavy atom. The van der Waals surface area contributed by atoms with Crippen LogP contribution in [0.25, 0.3) is 0 Å². The number of nitrogens with zero attached hydrogens (tertiary/aromatic N) is 1. The Labute approximate surface area is 115 Å². The van der Waals surface area contributed by atoms with Crippen LogP contribution in [0.2, 0.25) is 0 Å². The molecule has 0 aromatic carbocycles. The predicted molar refractivity (Wildman–Crippen MR) is 75.9 cm³/mol. The smallest absolute Gasteiger partial charge is 0.179 e. The molecule has 1 unspecified atom stereocenters. The summed E-state index contributed by atoms with van der Waals surface area (Å²) < 4.78 is 23.4. The minimum atomic E-state index is -3.33. The highest BCUT2D eigenvalue weighted by Gasteiger charge is 2.26. The Balaban J connectivity index is 3.11. The Bertz CT molecular complexity index is 521. The number of hydrogen-bond acceptors (Lipinski definition) is 5. The van der Waals surface area contributed by atoms with Crippen molar-refractivity contribution in [2.75, 3.05) is 18.2 Å². The summed E-state index contributed by atoms with van der Waals surface area (Å²) in [6, 6.07) is 3.07. The zero-order chi connectivity index (χ0) is 14.7. The van der Waals surface area contributed by atoms with Crippen LogP contribution in [0.5, 0.6) is 0 Å². The molecule has 1 aromatic heterocycles. The maximum Gasteiger partial charge on any atom is 0.179 e. The average molecular weight is 286 g/mol. The summed E-state index contributed by atoms with van der Waals surface area (Å²) in [5, 5.41) is 12.3. The predicted octanol–water partition coefficient (Wildman–Crippen LogP) is 1.69. The molecular formula is C13H22N2O3S. The van der Waals surface area contributed by atoms with Crippen LogP contribution < -0.4 is 5.32 Å². The van der Waals surface area contributed by atoms with Gasteiger partial charge in [0.15, 0.2) is 9.84 Å². The third-order valence-electron chi connectivity index (χ3n) is 2.94. The fourth-order valence-electron chi connectivity index (χ4n) is 1.81. The number of sulfone groups is 1. The van der Waals surface area contributed by atoms with Gasteiger partial charge in [-0.3, -0.25) is 0 Å². The van der Waals surface area contributed by atoms with E-state index in [-0.39, 0.29) is 23.0 Å². The third-order valence-corrected chi connectivity index (χ3v) is 4.07. The van der Waals surface area contributed by atoms with E-state index in [0.717, 1.165) is 6.26 Å². The first kappa shape index (κ1) is 15.9. The van der Waals surface area contributed by atoms with E-state index in [1.807, 2.05) is 20.8 Å². The standard InChI is InChI=1S/C13H22N2O3S/c1-13(2,3)11(7-9-16)15-12-10(19(4,17)18)6-5-8-14-12/h5-6,8,11,16H,7,9H2,1-4H3,(H,14,15). The maximum atomic E-state index is 11.7. The molecule has 0 aliphatic carbocycles. The zero-order valence-corrected chi connectivity index (χ0v) is 12.7. The van der Waals surface area contributed by atoms with Crippen LogP contribution in [0.15, 0.2) is 23.2 Å². The second-order valence-corrected chi connectivity index (χ2v) is 7.68. The van der Waals surface area contributed by atoms with Gasteiger partial charge >= 0.3 is 0 Å². The van der Waals surface area contributed by atoms with Gasteiger partial charge in [-0.25, -0.2) is 13.4 Å². The molecule has 1 atom stereocenters. The van der Waals surface area contributed by atoms with Crippen molar-refractivity contribution in [3.8, 4) is 0 Å². The van der Waals surface area contributed by atoms with Crippen molar-refractivity contribution in [2.24, 2.45) is 5.41 Å². The molecule has 108 valence electrons. The third kappa shape index (κ3) is 4.47. The van der Waals surface area contributed by atoms with E-state index in [9.17, 15) is 8.42 Å². The molecular weight excluding hydrogens is 264 g/mol. The molecule has 1 heterocycles. The van der Waals surface area contributed by atoms with Crippen molar-refractivity contribution >= 4 is 15.7 Å². The number of aromatic nitrogens is 1. The van der Waals surface area contributed by atoms with Gasteiger partial charge in [0.05, 0.1) is 0 Å². The molecule has 0 fully saturated rings. The van der Waals surface area contributed by atoms with E-state index in [4.69, 9.17) is 5.11 Å². The lowest BCUT2D eigenvalue weighted by atomic mass is 9.85. The molecule has 19 heavy (non-hydrogen) atoms. The van der Waals surface area contributed by atoms with Crippen molar-refractivity contribution in [1.82, 2.24) is 4.98 Å². The number of aliphatic hydroxyl groups is 1. The fraction of sp³-hybridized carbons (Fsp3) is 0.615. The van der Waals surface area contributed by atoms with Crippen LogP contribution >= 0.6 is 0 Å². The van der Waals surface area contributed by atoms with Crippen LogP contribution in [0.4, 0.5) is 5.82 Å². The second-order valence-electron chi connectivity index (χ2n) is 5.70. The Kier molecular flexibility index (Phi) is 4.92. The van der Waals surface area contributed by atoms with Gasteiger partial charge in [0, 0.05) is 25.1 Å². The van der Waals surface area contributed by atoms with Gasteiger partial charge in [-0.15, -0.1) is 0 Å². The summed E-state index contributed by atoms with van der Waals surface area (Å²) in [6.45, 7) is 6.13. The first-order valence-corrected chi connectivity index (χ1v) is 8.08. The molecule has 6 heteroatoms. The van der Waals surface area contributed by atoms with Crippen LogP contribution in [0.3, 0.4) is 0 Å². The number of pyridine rings is 1. The Morgan fingerprint density at radius 3 is 2.53 bits per heavy atom. The SMILES string of the molecule is CC(C)(C)C(CCO)Nc1ncccc1S(C)(=O)=O. The van der Waals surface area contributed by atoms with Gasteiger partial charge in [0.1, 0.15) is 10.7 Å². The number of rotatable bonds is 5. The largest absolute Gasteiger partial charge is 0.396 e. The van der Waals surface area contributed by atoms with Crippen LogP contribution in [0.1, 0.15) is 27.2 Å². The lowest BCUT2D eigenvalue weighted by Crippen LogP contribution is -2.35. The summed E-state index contributed by atoms with van der Waals surface area (Å²) in [4.78, 5) is 4.29. The normalized spacial score (nSPS) is 14.2. The maximum absolute atomic E-state index is 11.7. The van der Waals surface area contributed by atoms with Crippen LogP contribution in [0, 0.1) is 5.41 Å². The topological polar surface area (TPSA) is 79.3 Å². The van der Waals surface area contributed by atoms with Gasteiger partial charge in [-0.05, 0) is 24.0 Å². The van der Waals surface area contributed by atoms with Gasteiger partial charge in [-0.2, -0.15) is 0 Å². The van der Waals surface area contributed by atoms with E-state index in [1.165, 1.54) is 6.07 Å². The Hall–Kier alpha value is -1.14. The lowest BCUT2D eigenvalue weighted by Gasteiger charge is -2.32. The lowest BCUT2D eigenvalue weighted by molar-refractivity contribution is 0.235. The summed E-state index contributed by atoms with van der Waals surface area (Å²) in [7, 11) is -3.33. The van der Waals surface area contributed by atoms with Gasteiger partial charge in [-0.1, -0.05) is 20.8 Å². The van der Waals surface area contributed by atoms with E-state index in [0.29, 0.717) is 12.2 Å².